The molecule has 0 saturated heterocycles. The molecule has 14 heavy (non-hydrogen) atoms. The lowest BCUT2D eigenvalue weighted by Crippen LogP contribution is -2.21. The van der Waals surface area contributed by atoms with Crippen LogP contribution in [0, 0.1) is 0 Å². The van der Waals surface area contributed by atoms with Crippen molar-refractivity contribution in [3.05, 3.63) is 17.4 Å². The highest BCUT2D eigenvalue weighted by Gasteiger charge is 2.18. The number of carbonyl (C=O) groups is 1. The Balaban J connectivity index is 2.43. The zero-order valence-corrected chi connectivity index (χ0v) is 9.01. The van der Waals surface area contributed by atoms with Crippen molar-refractivity contribution < 1.29 is 9.53 Å². The molecule has 78 valence electrons. The Morgan fingerprint density at radius 3 is 2.57 bits per heavy atom. The monoisotopic (exact) mass is 194 g/mol. The highest BCUT2D eigenvalue weighted by atomic mass is 16.5. The van der Waals surface area contributed by atoms with Gasteiger partial charge >= 0.3 is 5.97 Å². The molecule has 0 heterocycles. The van der Waals surface area contributed by atoms with Crippen molar-refractivity contribution in [1.82, 2.24) is 0 Å². The van der Waals surface area contributed by atoms with Gasteiger partial charge in [0.25, 0.3) is 0 Å². The Morgan fingerprint density at radius 2 is 2.00 bits per heavy atom. The van der Waals surface area contributed by atoms with Crippen LogP contribution in [-0.2, 0) is 9.53 Å². The Bertz CT molecular complexity index is 253. The number of hydrogen-bond donors (Lipinski definition) is 0. The van der Waals surface area contributed by atoms with E-state index >= 15 is 0 Å². The highest BCUT2D eigenvalue weighted by Crippen LogP contribution is 2.20. The quantitative estimate of drug-likeness (QED) is 0.384. The molecule has 2 heteroatoms. The molecule has 0 spiro atoms. The van der Waals surface area contributed by atoms with E-state index in [0.29, 0.717) is 5.57 Å². The maximum Gasteiger partial charge on any atom is 0.341 e. The third-order valence-electron chi connectivity index (χ3n) is 2.49. The number of carbonyl (C=O) groups excluding carboxylic acids is 1. The van der Waals surface area contributed by atoms with Crippen molar-refractivity contribution in [2.75, 3.05) is 0 Å². The van der Waals surface area contributed by atoms with E-state index in [1.54, 1.807) is 13.0 Å². The fourth-order valence-electron chi connectivity index (χ4n) is 1.70. The third-order valence-corrected chi connectivity index (χ3v) is 2.49. The van der Waals surface area contributed by atoms with Gasteiger partial charge in [-0.2, -0.15) is 0 Å². The zero-order chi connectivity index (χ0) is 10.4. The van der Waals surface area contributed by atoms with E-state index in [1.165, 1.54) is 19.3 Å². The molecule has 1 fully saturated rings. The molecule has 1 rings (SSSR count). The summed E-state index contributed by atoms with van der Waals surface area (Å²) in [5.41, 5.74) is 3.42. The van der Waals surface area contributed by atoms with Gasteiger partial charge < -0.3 is 4.74 Å². The first-order chi connectivity index (χ1) is 6.74. The summed E-state index contributed by atoms with van der Waals surface area (Å²) in [6.45, 7) is 3.59. The van der Waals surface area contributed by atoms with E-state index in [9.17, 15) is 4.79 Å². The smallest absolute Gasteiger partial charge is 0.341 e. The highest BCUT2D eigenvalue weighted by molar-refractivity contribution is 5.87. The summed E-state index contributed by atoms with van der Waals surface area (Å²) in [6.07, 6.45) is 7.57. The van der Waals surface area contributed by atoms with E-state index < -0.39 is 0 Å². The molecule has 0 bridgehead atoms. The lowest BCUT2D eigenvalue weighted by Gasteiger charge is -2.21. The molecule has 0 aromatic heterocycles. The predicted octanol–water partition coefficient (Wildman–Crippen LogP) is 2.98. The lowest BCUT2D eigenvalue weighted by atomic mass is 9.98. The molecular formula is C12H18O2. The minimum Gasteiger partial charge on any atom is -0.459 e. The second-order valence-corrected chi connectivity index (χ2v) is 3.72. The first kappa shape index (κ1) is 11.1. The molecule has 0 aromatic carbocycles. The topological polar surface area (TPSA) is 26.3 Å². The minimum absolute atomic E-state index is 0.143. The zero-order valence-electron chi connectivity index (χ0n) is 9.01. The summed E-state index contributed by atoms with van der Waals surface area (Å²) in [4.78, 5) is 11.5. The van der Waals surface area contributed by atoms with Gasteiger partial charge in [0.05, 0.1) is 5.57 Å². The number of hydrogen-bond acceptors (Lipinski definition) is 2. The maximum absolute atomic E-state index is 11.5. The van der Waals surface area contributed by atoms with Crippen molar-refractivity contribution in [1.29, 1.82) is 0 Å². The van der Waals surface area contributed by atoms with Crippen molar-refractivity contribution in [2.24, 2.45) is 0 Å². The molecule has 0 atom stereocenters. The van der Waals surface area contributed by atoms with Crippen LogP contribution in [-0.4, -0.2) is 12.1 Å². The molecule has 2 nitrogen and oxygen atoms in total. The Kier molecular flexibility index (Phi) is 4.48. The van der Waals surface area contributed by atoms with E-state index in [-0.39, 0.29) is 12.1 Å². The number of ether oxygens (including phenoxy) is 1. The maximum atomic E-state index is 11.5. The third kappa shape index (κ3) is 3.39. The van der Waals surface area contributed by atoms with Gasteiger partial charge in [0.1, 0.15) is 6.10 Å². The van der Waals surface area contributed by atoms with Crippen molar-refractivity contribution in [2.45, 2.75) is 52.1 Å². The van der Waals surface area contributed by atoms with E-state index in [2.05, 4.69) is 5.73 Å². The molecule has 0 unspecified atom stereocenters. The van der Waals surface area contributed by atoms with Crippen LogP contribution in [0.25, 0.3) is 0 Å². The van der Waals surface area contributed by atoms with E-state index in [1.807, 2.05) is 6.92 Å². The lowest BCUT2D eigenvalue weighted by molar-refractivity contribution is -0.145. The Morgan fingerprint density at radius 1 is 1.36 bits per heavy atom. The molecule has 1 saturated carbocycles. The van der Waals surface area contributed by atoms with Crippen LogP contribution in [0.2, 0.25) is 0 Å². The first-order valence-electron chi connectivity index (χ1n) is 5.33. The van der Waals surface area contributed by atoms with Crippen LogP contribution in [0.15, 0.2) is 17.4 Å². The standard InChI is InChI=1S/C12H18O2/c1-3-7-10(2)12(13)14-11-8-5-4-6-9-11/h3,11H,4-6,8-9H2,1-2H3. The summed E-state index contributed by atoms with van der Waals surface area (Å²) in [5, 5.41) is 0. The molecule has 0 amide bonds. The van der Waals surface area contributed by atoms with Gasteiger partial charge in [0.15, 0.2) is 0 Å². The minimum atomic E-state index is -0.213. The molecule has 0 N–H and O–H groups in total. The average Bonchev–Trinajstić information content (AvgIpc) is 2.19. The van der Waals surface area contributed by atoms with Crippen LogP contribution in [0.3, 0.4) is 0 Å². The Labute approximate surface area is 85.6 Å². The largest absolute Gasteiger partial charge is 0.459 e. The fourth-order valence-corrected chi connectivity index (χ4v) is 1.70. The molecule has 0 aliphatic heterocycles. The predicted molar refractivity (Wildman–Crippen MR) is 55.9 cm³/mol. The SMILES string of the molecule is CC=C=C(C)C(=O)OC1CCCCC1. The van der Waals surface area contributed by atoms with Gasteiger partial charge in [-0.15, -0.1) is 5.73 Å². The van der Waals surface area contributed by atoms with Crippen LogP contribution < -0.4 is 0 Å². The molecule has 1 aliphatic rings. The molecule has 1 aliphatic carbocycles. The summed E-state index contributed by atoms with van der Waals surface area (Å²) >= 11 is 0. The van der Waals surface area contributed by atoms with Crippen LogP contribution in [0.5, 0.6) is 0 Å². The number of esters is 1. The molecule has 0 radical (unpaired) electrons. The van der Waals surface area contributed by atoms with Gasteiger partial charge in [0.2, 0.25) is 0 Å². The van der Waals surface area contributed by atoms with Crippen molar-refractivity contribution in [3.63, 3.8) is 0 Å². The van der Waals surface area contributed by atoms with Crippen molar-refractivity contribution in [3.8, 4) is 0 Å². The van der Waals surface area contributed by atoms with Gasteiger partial charge in [-0.1, -0.05) is 6.42 Å². The summed E-state index contributed by atoms with van der Waals surface area (Å²) in [7, 11) is 0. The first-order valence-corrected chi connectivity index (χ1v) is 5.33. The van der Waals surface area contributed by atoms with Gasteiger partial charge in [-0.05, 0) is 45.6 Å². The van der Waals surface area contributed by atoms with E-state index in [4.69, 9.17) is 4.74 Å². The summed E-state index contributed by atoms with van der Waals surface area (Å²) in [6, 6.07) is 0. The average molecular weight is 194 g/mol. The van der Waals surface area contributed by atoms with E-state index in [0.717, 1.165) is 12.8 Å². The fraction of sp³-hybridized carbons (Fsp3) is 0.667. The second-order valence-electron chi connectivity index (χ2n) is 3.72. The van der Waals surface area contributed by atoms with Crippen molar-refractivity contribution >= 4 is 5.97 Å². The van der Waals surface area contributed by atoms with Crippen LogP contribution >= 0.6 is 0 Å². The summed E-state index contributed by atoms with van der Waals surface area (Å²) < 4.78 is 5.35. The van der Waals surface area contributed by atoms with Gasteiger partial charge in [0, 0.05) is 0 Å². The molecular weight excluding hydrogens is 176 g/mol. The van der Waals surface area contributed by atoms with Gasteiger partial charge in [-0.3, -0.25) is 0 Å². The normalized spacial score (nSPS) is 17.0. The van der Waals surface area contributed by atoms with Gasteiger partial charge in [-0.25, -0.2) is 4.79 Å². The van der Waals surface area contributed by atoms with Crippen LogP contribution in [0.4, 0.5) is 0 Å². The Hall–Kier alpha value is -1.01. The second kappa shape index (κ2) is 5.66. The number of rotatable bonds is 2. The van der Waals surface area contributed by atoms with Crippen LogP contribution in [0.1, 0.15) is 46.0 Å². The summed E-state index contributed by atoms with van der Waals surface area (Å²) in [5.74, 6) is -0.213. The molecule has 0 aromatic rings.